The number of halogens is 3. The Hall–Kier alpha value is -1.67. The summed E-state index contributed by atoms with van der Waals surface area (Å²) in [5, 5.41) is 0.836. The molecule has 0 aromatic carbocycles. The summed E-state index contributed by atoms with van der Waals surface area (Å²) in [4.78, 5) is 11.9. The van der Waals surface area contributed by atoms with E-state index in [0.717, 1.165) is 29.6 Å². The Bertz CT molecular complexity index is 554. The van der Waals surface area contributed by atoms with E-state index >= 15 is 0 Å². The summed E-state index contributed by atoms with van der Waals surface area (Å²) in [6.07, 6.45) is 0.393. The Morgan fingerprint density at radius 3 is 2.25 bits per heavy atom. The van der Waals surface area contributed by atoms with Gasteiger partial charge in [-0.15, -0.1) is 0 Å². The normalized spacial score (nSPS) is 11.6. The first-order valence-corrected chi connectivity index (χ1v) is 6.53. The number of alkyl halides is 3. The fourth-order valence-corrected chi connectivity index (χ4v) is 2.03. The Labute approximate surface area is 117 Å². The Kier molecular flexibility index (Phi) is 4.56. The summed E-state index contributed by atoms with van der Waals surface area (Å²) in [5.74, 6) is 0. The zero-order valence-corrected chi connectivity index (χ0v) is 11.1. The van der Waals surface area contributed by atoms with Crippen LogP contribution in [0.25, 0.3) is 0 Å². The highest BCUT2D eigenvalue weighted by Crippen LogP contribution is 2.30. The molecular weight excluding hydrogens is 289 g/mol. The molecule has 2 heterocycles. The molecule has 2 N–H and O–H groups in total. The highest BCUT2D eigenvalue weighted by atomic mass is 32.2. The van der Waals surface area contributed by atoms with Gasteiger partial charge in [-0.25, -0.2) is 15.0 Å². The van der Waals surface area contributed by atoms with E-state index in [0.29, 0.717) is 23.1 Å². The van der Waals surface area contributed by atoms with E-state index in [1.165, 1.54) is 6.07 Å². The molecule has 0 aliphatic heterocycles. The molecule has 0 amide bonds. The van der Waals surface area contributed by atoms with Gasteiger partial charge < -0.3 is 5.73 Å². The van der Waals surface area contributed by atoms with Crippen molar-refractivity contribution >= 4 is 11.8 Å². The lowest BCUT2D eigenvalue weighted by molar-refractivity contribution is -0.137. The summed E-state index contributed by atoms with van der Waals surface area (Å²) in [6, 6.07) is 2.28. The minimum atomic E-state index is -4.38. The summed E-state index contributed by atoms with van der Waals surface area (Å²) in [7, 11) is 0. The van der Waals surface area contributed by atoms with Crippen LogP contribution in [0.2, 0.25) is 0 Å². The van der Waals surface area contributed by atoms with Crippen LogP contribution < -0.4 is 5.73 Å². The highest BCUT2D eigenvalue weighted by Gasteiger charge is 2.30. The molecule has 20 heavy (non-hydrogen) atoms. The van der Waals surface area contributed by atoms with Crippen LogP contribution >= 0.6 is 11.8 Å². The molecule has 0 saturated heterocycles. The minimum absolute atomic E-state index is 0.407. The van der Waals surface area contributed by atoms with E-state index in [1.54, 1.807) is 12.4 Å². The molecular formula is C12H11F3N4S. The van der Waals surface area contributed by atoms with Gasteiger partial charge in [0.15, 0.2) is 5.16 Å². The standard InChI is InChI=1S/C12H11F3N4S/c13-12(14,15)9-1-2-10(17-7-9)20-11-18-5-8(3-4-16)6-19-11/h1-2,5-7H,3-4,16H2. The molecule has 8 heteroatoms. The fraction of sp³-hybridized carbons (Fsp3) is 0.250. The lowest BCUT2D eigenvalue weighted by Crippen LogP contribution is -2.05. The number of pyridine rings is 1. The average Bonchev–Trinajstić information content (AvgIpc) is 2.41. The number of hydrogen-bond acceptors (Lipinski definition) is 5. The van der Waals surface area contributed by atoms with Crippen molar-refractivity contribution in [1.29, 1.82) is 0 Å². The number of aromatic nitrogens is 3. The summed E-state index contributed by atoms with van der Waals surface area (Å²) < 4.78 is 37.1. The number of nitrogens with zero attached hydrogens (tertiary/aromatic N) is 3. The van der Waals surface area contributed by atoms with Crippen LogP contribution in [0, 0.1) is 0 Å². The van der Waals surface area contributed by atoms with E-state index in [-0.39, 0.29) is 0 Å². The Morgan fingerprint density at radius 2 is 1.75 bits per heavy atom. The van der Waals surface area contributed by atoms with Crippen LogP contribution in [0.4, 0.5) is 13.2 Å². The Morgan fingerprint density at radius 1 is 1.05 bits per heavy atom. The Balaban J connectivity index is 2.06. The van der Waals surface area contributed by atoms with E-state index in [1.807, 2.05) is 0 Å². The van der Waals surface area contributed by atoms with Crippen molar-refractivity contribution in [3.63, 3.8) is 0 Å². The van der Waals surface area contributed by atoms with Gasteiger partial charge in [0.25, 0.3) is 0 Å². The van der Waals surface area contributed by atoms with Crippen LogP contribution in [-0.4, -0.2) is 21.5 Å². The summed E-state index contributed by atoms with van der Waals surface area (Å²) in [5.41, 5.74) is 5.55. The van der Waals surface area contributed by atoms with Crippen molar-refractivity contribution < 1.29 is 13.2 Å². The van der Waals surface area contributed by atoms with Gasteiger partial charge >= 0.3 is 6.18 Å². The average molecular weight is 300 g/mol. The molecule has 0 bridgehead atoms. The molecule has 2 aromatic heterocycles. The van der Waals surface area contributed by atoms with E-state index in [9.17, 15) is 13.2 Å². The van der Waals surface area contributed by atoms with Crippen molar-refractivity contribution in [3.05, 3.63) is 41.9 Å². The van der Waals surface area contributed by atoms with Gasteiger partial charge in [-0.05, 0) is 42.4 Å². The molecule has 0 unspecified atom stereocenters. The van der Waals surface area contributed by atoms with Gasteiger partial charge in [-0.3, -0.25) is 0 Å². The van der Waals surface area contributed by atoms with Crippen molar-refractivity contribution in [3.8, 4) is 0 Å². The number of hydrogen-bond donors (Lipinski definition) is 1. The van der Waals surface area contributed by atoms with Gasteiger partial charge in [0.1, 0.15) is 5.03 Å². The van der Waals surface area contributed by atoms with Crippen LogP contribution in [-0.2, 0) is 12.6 Å². The lowest BCUT2D eigenvalue weighted by Gasteiger charge is -2.06. The molecule has 2 rings (SSSR count). The first-order chi connectivity index (χ1) is 9.49. The molecule has 0 atom stereocenters. The smallest absolute Gasteiger partial charge is 0.330 e. The fourth-order valence-electron chi connectivity index (χ4n) is 1.39. The monoisotopic (exact) mass is 300 g/mol. The second-order valence-corrected chi connectivity index (χ2v) is 4.89. The minimum Gasteiger partial charge on any atom is -0.330 e. The molecule has 0 aliphatic carbocycles. The predicted molar refractivity (Wildman–Crippen MR) is 68.2 cm³/mol. The summed E-state index contributed by atoms with van der Waals surface area (Å²) in [6.45, 7) is 0.510. The van der Waals surface area contributed by atoms with Gasteiger partial charge in [-0.2, -0.15) is 13.2 Å². The zero-order chi connectivity index (χ0) is 14.6. The number of nitrogens with two attached hydrogens (primary N) is 1. The third-order valence-electron chi connectivity index (χ3n) is 2.37. The SMILES string of the molecule is NCCc1cnc(Sc2ccc(C(F)(F)F)cn2)nc1. The van der Waals surface area contributed by atoms with Gasteiger partial charge in [-0.1, -0.05) is 0 Å². The van der Waals surface area contributed by atoms with Crippen molar-refractivity contribution in [2.75, 3.05) is 6.54 Å². The maximum atomic E-state index is 12.4. The topological polar surface area (TPSA) is 64.7 Å². The third-order valence-corrected chi connectivity index (χ3v) is 3.22. The zero-order valence-electron chi connectivity index (χ0n) is 10.3. The molecule has 0 spiro atoms. The van der Waals surface area contributed by atoms with Crippen LogP contribution in [0.1, 0.15) is 11.1 Å². The molecule has 4 nitrogen and oxygen atoms in total. The molecule has 0 radical (unpaired) electrons. The largest absolute Gasteiger partial charge is 0.417 e. The first kappa shape index (κ1) is 14.7. The second-order valence-electron chi connectivity index (χ2n) is 3.90. The second kappa shape index (κ2) is 6.19. The molecule has 0 aliphatic rings. The first-order valence-electron chi connectivity index (χ1n) is 5.71. The molecule has 2 aromatic rings. The summed E-state index contributed by atoms with van der Waals surface area (Å²) >= 11 is 1.10. The van der Waals surface area contributed by atoms with Gasteiger partial charge in [0.2, 0.25) is 0 Å². The van der Waals surface area contributed by atoms with Crippen molar-refractivity contribution in [2.24, 2.45) is 5.73 Å². The van der Waals surface area contributed by atoms with Crippen LogP contribution in [0.15, 0.2) is 40.9 Å². The molecule has 106 valence electrons. The van der Waals surface area contributed by atoms with Gasteiger partial charge in [0, 0.05) is 18.6 Å². The third kappa shape index (κ3) is 3.91. The van der Waals surface area contributed by atoms with E-state index in [2.05, 4.69) is 15.0 Å². The maximum Gasteiger partial charge on any atom is 0.417 e. The van der Waals surface area contributed by atoms with Crippen molar-refractivity contribution in [1.82, 2.24) is 15.0 Å². The van der Waals surface area contributed by atoms with Crippen LogP contribution in [0.3, 0.4) is 0 Å². The molecule has 0 fully saturated rings. The van der Waals surface area contributed by atoms with Crippen LogP contribution in [0.5, 0.6) is 0 Å². The number of rotatable bonds is 4. The lowest BCUT2D eigenvalue weighted by atomic mass is 10.2. The van der Waals surface area contributed by atoms with E-state index in [4.69, 9.17) is 5.73 Å². The molecule has 0 saturated carbocycles. The van der Waals surface area contributed by atoms with Gasteiger partial charge in [0.05, 0.1) is 5.56 Å². The predicted octanol–water partition coefficient (Wildman–Crippen LogP) is 2.54. The quantitative estimate of drug-likeness (QED) is 0.879. The maximum absolute atomic E-state index is 12.4. The van der Waals surface area contributed by atoms with E-state index < -0.39 is 11.7 Å². The highest BCUT2D eigenvalue weighted by molar-refractivity contribution is 7.99. The van der Waals surface area contributed by atoms with Crippen molar-refractivity contribution in [2.45, 2.75) is 22.8 Å².